The van der Waals surface area contributed by atoms with Gasteiger partial charge < -0.3 is 15.3 Å². The van der Waals surface area contributed by atoms with E-state index in [9.17, 15) is 14.7 Å². The van der Waals surface area contributed by atoms with E-state index in [0.29, 0.717) is 11.6 Å². The first-order valence-electron chi connectivity index (χ1n) is 11.5. The number of rotatable bonds is 5. The maximum Gasteiger partial charge on any atom is 0.348 e. The number of anilines is 1. The lowest BCUT2D eigenvalue weighted by atomic mass is 9.82. The molecule has 0 radical (unpaired) electrons. The minimum Gasteiger partial charge on any atom is -0.477 e. The normalized spacial score (nSPS) is 24.4. The molecule has 2 aromatic rings. The molecule has 6 heteroatoms. The lowest BCUT2D eigenvalue weighted by Crippen LogP contribution is -2.45. The largest absolute Gasteiger partial charge is 0.477 e. The summed E-state index contributed by atoms with van der Waals surface area (Å²) in [4.78, 5) is 29.1. The van der Waals surface area contributed by atoms with Crippen LogP contribution in [0.3, 0.4) is 0 Å². The third-order valence-electron chi connectivity index (χ3n) is 6.74. The summed E-state index contributed by atoms with van der Waals surface area (Å²) < 4.78 is 0. The molecule has 2 heterocycles. The molecule has 0 spiro atoms. The summed E-state index contributed by atoms with van der Waals surface area (Å²) in [6.07, 6.45) is 6.69. The Kier molecular flexibility index (Phi) is 7.08. The molecular weight excluding hydrogens is 408 g/mol. The molecule has 1 aliphatic carbocycles. The van der Waals surface area contributed by atoms with Gasteiger partial charge in [-0.15, -0.1) is 11.3 Å². The van der Waals surface area contributed by atoms with Crippen molar-refractivity contribution in [1.29, 1.82) is 0 Å². The van der Waals surface area contributed by atoms with E-state index in [0.717, 1.165) is 68.5 Å². The number of thiophene rings is 1. The Labute approximate surface area is 188 Å². The standard InChI is InChI=1S/C25H32N2O3S/c1-17-9-11-19(12-10-17)24(28)27(20-8-5-14-26-15-13-20)21-16-22(31-23(21)25(29)30)18-6-3-2-4-7-18/h2-4,6-7,16-17,19-20,26H,5,8-15H2,1H3,(H,29,30). The van der Waals surface area contributed by atoms with Gasteiger partial charge in [0.2, 0.25) is 5.91 Å². The van der Waals surface area contributed by atoms with E-state index in [1.807, 2.05) is 41.3 Å². The second-order valence-corrected chi connectivity index (χ2v) is 10.0. The van der Waals surface area contributed by atoms with E-state index in [4.69, 9.17) is 0 Å². The van der Waals surface area contributed by atoms with E-state index in [-0.39, 0.29) is 22.7 Å². The molecule has 1 saturated carbocycles. The highest BCUT2D eigenvalue weighted by Gasteiger charge is 2.36. The minimum absolute atomic E-state index is 0.00543. The van der Waals surface area contributed by atoms with Gasteiger partial charge in [0, 0.05) is 16.8 Å². The van der Waals surface area contributed by atoms with Crippen LogP contribution in [0.2, 0.25) is 0 Å². The highest BCUT2D eigenvalue weighted by Crippen LogP contribution is 2.40. The molecule has 1 aliphatic heterocycles. The molecular formula is C25H32N2O3S. The molecule has 4 rings (SSSR count). The molecule has 5 nitrogen and oxygen atoms in total. The average Bonchev–Trinajstić information content (AvgIpc) is 3.04. The fraction of sp³-hybridized carbons (Fsp3) is 0.520. The lowest BCUT2D eigenvalue weighted by Gasteiger charge is -2.36. The van der Waals surface area contributed by atoms with E-state index >= 15 is 0 Å². The zero-order chi connectivity index (χ0) is 21.8. The summed E-state index contributed by atoms with van der Waals surface area (Å²) in [7, 11) is 0. The molecule has 2 aliphatic rings. The fourth-order valence-electron chi connectivity index (χ4n) is 4.92. The number of amides is 1. The monoisotopic (exact) mass is 440 g/mol. The minimum atomic E-state index is -0.955. The fourth-order valence-corrected chi connectivity index (χ4v) is 5.91. The molecule has 1 atom stereocenters. The number of nitrogens with one attached hydrogen (secondary N) is 1. The first kappa shape index (κ1) is 22.0. The van der Waals surface area contributed by atoms with Gasteiger partial charge in [-0.1, -0.05) is 37.3 Å². The summed E-state index contributed by atoms with van der Waals surface area (Å²) in [5.74, 6) is -0.170. The van der Waals surface area contributed by atoms with Gasteiger partial charge in [0.15, 0.2) is 0 Å². The van der Waals surface area contributed by atoms with Gasteiger partial charge in [-0.25, -0.2) is 4.79 Å². The van der Waals surface area contributed by atoms with Crippen molar-refractivity contribution in [3.05, 3.63) is 41.3 Å². The Morgan fingerprint density at radius 1 is 1.03 bits per heavy atom. The third-order valence-corrected chi connectivity index (χ3v) is 7.90. The Balaban J connectivity index is 1.74. The number of hydrogen-bond donors (Lipinski definition) is 2. The van der Waals surface area contributed by atoms with Gasteiger partial charge in [-0.3, -0.25) is 4.79 Å². The maximum absolute atomic E-state index is 13.9. The topological polar surface area (TPSA) is 69.6 Å². The molecule has 1 unspecified atom stereocenters. The number of nitrogens with zero attached hydrogens (tertiary/aromatic N) is 1. The predicted molar refractivity (Wildman–Crippen MR) is 126 cm³/mol. The van der Waals surface area contributed by atoms with Crippen molar-refractivity contribution in [2.24, 2.45) is 11.8 Å². The first-order chi connectivity index (χ1) is 15.0. The van der Waals surface area contributed by atoms with Crippen LogP contribution in [0.4, 0.5) is 5.69 Å². The van der Waals surface area contributed by atoms with Crippen LogP contribution in [0.1, 0.15) is 61.5 Å². The average molecular weight is 441 g/mol. The lowest BCUT2D eigenvalue weighted by molar-refractivity contribution is -0.124. The molecule has 1 amide bonds. The van der Waals surface area contributed by atoms with E-state index < -0.39 is 5.97 Å². The smallest absolute Gasteiger partial charge is 0.348 e. The van der Waals surface area contributed by atoms with Crippen LogP contribution in [-0.2, 0) is 4.79 Å². The zero-order valence-corrected chi connectivity index (χ0v) is 19.0. The van der Waals surface area contributed by atoms with Gasteiger partial charge in [-0.05, 0) is 75.6 Å². The second kappa shape index (κ2) is 9.96. The van der Waals surface area contributed by atoms with Crippen molar-refractivity contribution in [3.63, 3.8) is 0 Å². The molecule has 1 saturated heterocycles. The quantitative estimate of drug-likeness (QED) is 0.652. The number of aromatic carboxylic acids is 1. The number of carboxylic acid groups (broad SMARTS) is 1. The number of carbonyl (C=O) groups is 2. The van der Waals surface area contributed by atoms with Crippen LogP contribution in [0.25, 0.3) is 10.4 Å². The summed E-state index contributed by atoms with van der Waals surface area (Å²) in [5, 5.41) is 13.4. The van der Waals surface area contributed by atoms with Gasteiger partial charge in [0.05, 0.1) is 5.69 Å². The third kappa shape index (κ3) is 5.01. The molecule has 166 valence electrons. The predicted octanol–water partition coefficient (Wildman–Crippen LogP) is 5.41. The summed E-state index contributed by atoms with van der Waals surface area (Å²) in [6, 6.07) is 11.8. The zero-order valence-electron chi connectivity index (χ0n) is 18.2. The highest BCUT2D eigenvalue weighted by atomic mass is 32.1. The van der Waals surface area contributed by atoms with Crippen LogP contribution in [0.15, 0.2) is 36.4 Å². The molecule has 0 bridgehead atoms. The van der Waals surface area contributed by atoms with Crippen molar-refractivity contribution >= 4 is 28.9 Å². The number of benzene rings is 1. The summed E-state index contributed by atoms with van der Waals surface area (Å²) >= 11 is 1.27. The van der Waals surface area contributed by atoms with Crippen molar-refractivity contribution in [3.8, 4) is 10.4 Å². The Morgan fingerprint density at radius 2 is 1.77 bits per heavy atom. The first-order valence-corrected chi connectivity index (χ1v) is 12.3. The number of hydrogen-bond acceptors (Lipinski definition) is 4. The molecule has 1 aromatic carbocycles. The number of carbonyl (C=O) groups excluding carboxylic acids is 1. The summed E-state index contributed by atoms with van der Waals surface area (Å²) in [5.41, 5.74) is 1.58. The molecule has 2 fully saturated rings. The van der Waals surface area contributed by atoms with Gasteiger partial charge in [0.25, 0.3) is 0 Å². The summed E-state index contributed by atoms with van der Waals surface area (Å²) in [6.45, 7) is 4.06. The van der Waals surface area contributed by atoms with Crippen molar-refractivity contribution in [2.75, 3.05) is 18.0 Å². The van der Waals surface area contributed by atoms with Crippen LogP contribution in [0, 0.1) is 11.8 Å². The van der Waals surface area contributed by atoms with Gasteiger partial charge in [-0.2, -0.15) is 0 Å². The van der Waals surface area contributed by atoms with E-state index in [2.05, 4.69) is 12.2 Å². The molecule has 1 aromatic heterocycles. The van der Waals surface area contributed by atoms with Crippen molar-refractivity contribution < 1.29 is 14.7 Å². The van der Waals surface area contributed by atoms with Crippen molar-refractivity contribution in [1.82, 2.24) is 5.32 Å². The molecule has 2 N–H and O–H groups in total. The Bertz CT molecular complexity index is 895. The van der Waals surface area contributed by atoms with Crippen LogP contribution >= 0.6 is 11.3 Å². The maximum atomic E-state index is 13.9. The van der Waals surface area contributed by atoms with Gasteiger partial charge in [0.1, 0.15) is 4.88 Å². The second-order valence-electron chi connectivity index (χ2n) is 9.00. The molecule has 31 heavy (non-hydrogen) atoms. The Hall–Kier alpha value is -2.18. The van der Waals surface area contributed by atoms with E-state index in [1.54, 1.807) is 0 Å². The van der Waals surface area contributed by atoms with Crippen LogP contribution in [0.5, 0.6) is 0 Å². The van der Waals surface area contributed by atoms with Crippen LogP contribution in [-0.4, -0.2) is 36.1 Å². The van der Waals surface area contributed by atoms with Crippen LogP contribution < -0.4 is 10.2 Å². The Morgan fingerprint density at radius 3 is 2.48 bits per heavy atom. The van der Waals surface area contributed by atoms with Gasteiger partial charge >= 0.3 is 5.97 Å². The number of carboxylic acids is 1. The van der Waals surface area contributed by atoms with Crippen molar-refractivity contribution in [2.45, 2.75) is 57.9 Å². The highest BCUT2D eigenvalue weighted by molar-refractivity contribution is 7.18. The van der Waals surface area contributed by atoms with E-state index in [1.165, 1.54) is 11.3 Å². The SMILES string of the molecule is CC1CCC(C(=O)N(c2cc(-c3ccccc3)sc2C(=O)O)C2CCCNCC2)CC1.